The van der Waals surface area contributed by atoms with Crippen molar-refractivity contribution in [3.05, 3.63) is 53.0 Å². The second-order valence-electron chi connectivity index (χ2n) is 8.13. The van der Waals surface area contributed by atoms with Gasteiger partial charge in [-0.3, -0.25) is 4.79 Å². The van der Waals surface area contributed by atoms with Crippen LogP contribution >= 0.6 is 0 Å². The first-order chi connectivity index (χ1) is 14.0. The third-order valence-corrected chi connectivity index (χ3v) is 7.08. The molecule has 1 fully saturated rings. The molecule has 9 heteroatoms. The average molecular weight is 432 g/mol. The molecule has 1 atom stereocenters. The van der Waals surface area contributed by atoms with Crippen molar-refractivity contribution in [1.82, 2.24) is 19.2 Å². The normalized spacial score (nSPS) is 17.1. The maximum atomic E-state index is 12.8. The molecule has 1 saturated heterocycles. The van der Waals surface area contributed by atoms with Gasteiger partial charge in [0, 0.05) is 53.1 Å². The van der Waals surface area contributed by atoms with E-state index in [2.05, 4.69) is 9.97 Å². The van der Waals surface area contributed by atoms with Crippen LogP contribution in [0.25, 0.3) is 0 Å². The zero-order chi connectivity index (χ0) is 22.1. The number of likely N-dealkylation sites (tertiary alicyclic amines) is 1. The topological polar surface area (TPSA) is 86.7 Å². The number of carbonyl (C=O) groups is 1. The molecule has 2 aromatic rings. The quantitative estimate of drug-likeness (QED) is 0.664. The highest BCUT2D eigenvalue weighted by Gasteiger charge is 2.30. The predicted molar refractivity (Wildman–Crippen MR) is 117 cm³/mol. The van der Waals surface area contributed by atoms with Crippen LogP contribution in [0.1, 0.15) is 35.0 Å². The highest BCUT2D eigenvalue weighted by atomic mass is 32.2. The summed E-state index contributed by atoms with van der Waals surface area (Å²) in [5, 5.41) is 0. The van der Waals surface area contributed by atoms with E-state index in [1.165, 1.54) is 4.31 Å². The van der Waals surface area contributed by atoms with Crippen LogP contribution < -0.4 is 4.90 Å². The zero-order valence-electron chi connectivity index (χ0n) is 18.2. The molecule has 1 amide bonds. The second-order valence-corrected chi connectivity index (χ2v) is 10.2. The first-order valence-electron chi connectivity index (χ1n) is 9.84. The minimum absolute atomic E-state index is 0.0163. The van der Waals surface area contributed by atoms with E-state index in [0.29, 0.717) is 24.6 Å². The number of rotatable bonds is 7. The molecule has 0 radical (unpaired) electrons. The number of hydrogen-bond donors (Lipinski definition) is 0. The fourth-order valence-electron chi connectivity index (χ4n) is 3.38. The standard InChI is InChI=1S/C21H29N5O3S/c1-15-6-8-16(9-7-15)14-30(28,29)26(5)13-19-22-18(11-20(23-19)24(2)3)17-10-21(27)25(4)12-17/h6-9,11,17H,10,12-14H2,1-5H3/t17-/m1/s1. The Balaban J connectivity index is 1.82. The summed E-state index contributed by atoms with van der Waals surface area (Å²) in [6.07, 6.45) is 0.404. The van der Waals surface area contributed by atoms with E-state index in [1.807, 2.05) is 56.3 Å². The molecule has 2 heterocycles. The first-order valence-corrected chi connectivity index (χ1v) is 11.4. The van der Waals surface area contributed by atoms with Crippen molar-refractivity contribution >= 4 is 21.7 Å². The summed E-state index contributed by atoms with van der Waals surface area (Å²) in [7, 11) is 3.54. The van der Waals surface area contributed by atoms with E-state index < -0.39 is 10.0 Å². The number of carbonyl (C=O) groups excluding carboxylic acids is 1. The van der Waals surface area contributed by atoms with Crippen molar-refractivity contribution in [3.8, 4) is 0 Å². The van der Waals surface area contributed by atoms with Gasteiger partial charge >= 0.3 is 0 Å². The minimum atomic E-state index is -3.53. The number of benzene rings is 1. The van der Waals surface area contributed by atoms with Gasteiger partial charge in [0.05, 0.1) is 18.0 Å². The van der Waals surface area contributed by atoms with Crippen molar-refractivity contribution in [2.45, 2.75) is 31.6 Å². The lowest BCUT2D eigenvalue weighted by Gasteiger charge is -2.20. The fraction of sp³-hybridized carbons (Fsp3) is 0.476. The van der Waals surface area contributed by atoms with Gasteiger partial charge in [-0.25, -0.2) is 18.4 Å². The molecule has 3 rings (SSSR count). The van der Waals surface area contributed by atoms with Gasteiger partial charge in [0.25, 0.3) is 0 Å². The molecule has 0 N–H and O–H groups in total. The summed E-state index contributed by atoms with van der Waals surface area (Å²) < 4.78 is 27.0. The van der Waals surface area contributed by atoms with Crippen LogP contribution in [0.5, 0.6) is 0 Å². The van der Waals surface area contributed by atoms with Gasteiger partial charge in [0.2, 0.25) is 15.9 Å². The SMILES string of the molecule is Cc1ccc(CS(=O)(=O)N(C)Cc2nc([C@@H]3CC(=O)N(C)C3)cc(N(C)C)n2)cc1. The largest absolute Gasteiger partial charge is 0.363 e. The Morgan fingerprint density at radius 3 is 2.37 bits per heavy atom. The van der Waals surface area contributed by atoms with Gasteiger partial charge in [-0.05, 0) is 12.5 Å². The van der Waals surface area contributed by atoms with Gasteiger partial charge in [0.1, 0.15) is 11.6 Å². The van der Waals surface area contributed by atoms with Crippen LogP contribution in [0.4, 0.5) is 5.82 Å². The predicted octanol–water partition coefficient (Wildman–Crippen LogP) is 1.76. The lowest BCUT2D eigenvalue weighted by Crippen LogP contribution is -2.29. The molecular weight excluding hydrogens is 402 g/mol. The Kier molecular flexibility index (Phi) is 6.42. The Labute approximate surface area is 178 Å². The third-order valence-electron chi connectivity index (χ3n) is 5.30. The molecule has 0 unspecified atom stereocenters. The number of amides is 1. The van der Waals surface area contributed by atoms with Gasteiger partial charge in [-0.2, -0.15) is 4.31 Å². The summed E-state index contributed by atoms with van der Waals surface area (Å²) in [6.45, 7) is 2.63. The monoisotopic (exact) mass is 431 g/mol. The van der Waals surface area contributed by atoms with Gasteiger partial charge in [0.15, 0.2) is 0 Å². The number of sulfonamides is 1. The van der Waals surface area contributed by atoms with E-state index in [9.17, 15) is 13.2 Å². The Morgan fingerprint density at radius 1 is 1.13 bits per heavy atom. The molecule has 1 aromatic heterocycles. The summed E-state index contributed by atoms with van der Waals surface area (Å²) in [5.74, 6) is 1.11. The third kappa shape index (κ3) is 5.14. The minimum Gasteiger partial charge on any atom is -0.363 e. The maximum absolute atomic E-state index is 12.8. The van der Waals surface area contributed by atoms with Crippen molar-refractivity contribution in [3.63, 3.8) is 0 Å². The van der Waals surface area contributed by atoms with Crippen LogP contribution in [0.15, 0.2) is 30.3 Å². The Bertz CT molecular complexity index is 1020. The number of aromatic nitrogens is 2. The average Bonchev–Trinajstić information content (AvgIpc) is 3.02. The molecule has 1 aromatic carbocycles. The van der Waals surface area contributed by atoms with Crippen molar-refractivity contribution < 1.29 is 13.2 Å². The summed E-state index contributed by atoms with van der Waals surface area (Å²) in [4.78, 5) is 24.6. The molecular formula is C21H29N5O3S. The van der Waals surface area contributed by atoms with Crippen LogP contribution in [0.3, 0.4) is 0 Å². The van der Waals surface area contributed by atoms with E-state index in [4.69, 9.17) is 0 Å². The van der Waals surface area contributed by atoms with E-state index in [0.717, 1.165) is 16.8 Å². The number of hydrogen-bond acceptors (Lipinski definition) is 6. The van der Waals surface area contributed by atoms with Crippen LogP contribution in [0.2, 0.25) is 0 Å². The first kappa shape index (κ1) is 22.2. The lowest BCUT2D eigenvalue weighted by molar-refractivity contribution is -0.126. The van der Waals surface area contributed by atoms with Crippen molar-refractivity contribution in [2.24, 2.45) is 0 Å². The number of likely N-dealkylation sites (N-methyl/N-ethyl adjacent to an activating group) is 1. The maximum Gasteiger partial charge on any atom is 0.223 e. The zero-order valence-corrected chi connectivity index (χ0v) is 19.0. The molecule has 1 aliphatic heterocycles. The highest BCUT2D eigenvalue weighted by molar-refractivity contribution is 7.88. The highest BCUT2D eigenvalue weighted by Crippen LogP contribution is 2.28. The van der Waals surface area contributed by atoms with E-state index >= 15 is 0 Å². The van der Waals surface area contributed by atoms with Crippen LogP contribution in [-0.2, 0) is 27.1 Å². The van der Waals surface area contributed by atoms with Crippen LogP contribution in [0, 0.1) is 6.92 Å². The molecule has 8 nitrogen and oxygen atoms in total. The number of aryl methyl sites for hydroxylation is 1. The number of anilines is 1. The Morgan fingerprint density at radius 2 is 1.80 bits per heavy atom. The van der Waals surface area contributed by atoms with Gasteiger partial charge in [-0.15, -0.1) is 0 Å². The molecule has 0 saturated carbocycles. The second kappa shape index (κ2) is 8.69. The lowest BCUT2D eigenvalue weighted by atomic mass is 10.0. The van der Waals surface area contributed by atoms with E-state index in [1.54, 1.807) is 19.0 Å². The molecule has 30 heavy (non-hydrogen) atoms. The molecule has 162 valence electrons. The number of nitrogens with zero attached hydrogens (tertiary/aromatic N) is 5. The van der Waals surface area contributed by atoms with E-state index in [-0.39, 0.29) is 24.1 Å². The fourth-order valence-corrected chi connectivity index (χ4v) is 4.52. The molecule has 1 aliphatic rings. The smallest absolute Gasteiger partial charge is 0.223 e. The van der Waals surface area contributed by atoms with Crippen molar-refractivity contribution in [1.29, 1.82) is 0 Å². The Hall–Kier alpha value is -2.52. The molecule has 0 bridgehead atoms. The van der Waals surface area contributed by atoms with Gasteiger partial charge < -0.3 is 9.80 Å². The summed E-state index contributed by atoms with van der Waals surface area (Å²) in [5.41, 5.74) is 2.59. The summed E-state index contributed by atoms with van der Waals surface area (Å²) in [6, 6.07) is 9.34. The van der Waals surface area contributed by atoms with Crippen LogP contribution in [-0.4, -0.2) is 68.2 Å². The van der Waals surface area contributed by atoms with Crippen molar-refractivity contribution in [2.75, 3.05) is 39.6 Å². The summed E-state index contributed by atoms with van der Waals surface area (Å²) >= 11 is 0. The molecule has 0 spiro atoms. The van der Waals surface area contributed by atoms with Gasteiger partial charge in [-0.1, -0.05) is 29.8 Å². The molecule has 0 aliphatic carbocycles.